The van der Waals surface area contributed by atoms with Crippen molar-refractivity contribution in [3.63, 3.8) is 0 Å². The molecule has 0 saturated heterocycles. The minimum absolute atomic E-state index is 0.170. The number of esters is 1. The molecule has 1 aromatic carbocycles. The summed E-state index contributed by atoms with van der Waals surface area (Å²) in [6.45, 7) is 2.66. The van der Waals surface area contributed by atoms with E-state index in [2.05, 4.69) is 4.98 Å². The van der Waals surface area contributed by atoms with Gasteiger partial charge in [-0.15, -0.1) is 0 Å². The van der Waals surface area contributed by atoms with Gasteiger partial charge in [0.25, 0.3) is 0 Å². The molecule has 0 fully saturated rings. The van der Waals surface area contributed by atoms with Gasteiger partial charge in [-0.3, -0.25) is 0 Å². The lowest BCUT2D eigenvalue weighted by Crippen LogP contribution is -2.09. The van der Waals surface area contributed by atoms with Crippen molar-refractivity contribution in [1.29, 1.82) is 0 Å². The van der Waals surface area contributed by atoms with E-state index in [4.69, 9.17) is 4.74 Å². The number of benzene rings is 1. The largest absolute Gasteiger partial charge is 0.461 e. The average Bonchev–Trinajstić information content (AvgIpc) is 2.87. The molecule has 108 valence electrons. The van der Waals surface area contributed by atoms with E-state index in [1.807, 2.05) is 16.7 Å². The van der Waals surface area contributed by atoms with Crippen LogP contribution < -0.4 is 0 Å². The lowest BCUT2D eigenvalue weighted by molar-refractivity contribution is 0.0521. The second-order valence-corrected chi connectivity index (χ2v) is 4.71. The number of hydrogen-bond donors (Lipinski definition) is 0. The quantitative estimate of drug-likeness (QED) is 0.813. The molecule has 4 nitrogen and oxygen atoms in total. The van der Waals surface area contributed by atoms with Crippen LogP contribution in [-0.4, -0.2) is 22.1 Å². The van der Waals surface area contributed by atoms with Crippen molar-refractivity contribution in [2.24, 2.45) is 0 Å². The summed E-state index contributed by atoms with van der Waals surface area (Å²) in [7, 11) is 0. The summed E-state index contributed by atoms with van der Waals surface area (Å²) >= 11 is 0. The fraction of sp³-hybridized carbons (Fsp3) is 0.250. The van der Waals surface area contributed by atoms with Gasteiger partial charge in [0.1, 0.15) is 11.6 Å². The Bertz CT molecular complexity index is 719. The summed E-state index contributed by atoms with van der Waals surface area (Å²) in [6, 6.07) is 6.39. The predicted molar refractivity (Wildman–Crippen MR) is 77.2 cm³/mol. The number of halogens is 1. The predicted octanol–water partition coefficient (Wildman–Crippen LogP) is 3.28. The van der Waals surface area contributed by atoms with Crippen LogP contribution in [0.5, 0.6) is 0 Å². The van der Waals surface area contributed by atoms with Gasteiger partial charge in [0.2, 0.25) is 0 Å². The Labute approximate surface area is 121 Å². The number of carbonyl (C=O) groups is 1. The van der Waals surface area contributed by atoms with Gasteiger partial charge in [0, 0.05) is 12.1 Å². The lowest BCUT2D eigenvalue weighted by atomic mass is 10.1. The van der Waals surface area contributed by atoms with Crippen molar-refractivity contribution in [2.75, 3.05) is 6.61 Å². The van der Waals surface area contributed by atoms with Crippen LogP contribution in [0.3, 0.4) is 0 Å². The van der Waals surface area contributed by atoms with Crippen LogP contribution >= 0.6 is 0 Å². The molecule has 3 rings (SSSR count). The van der Waals surface area contributed by atoms with Crippen LogP contribution in [0.25, 0.3) is 17.3 Å². The van der Waals surface area contributed by atoms with E-state index in [1.54, 1.807) is 25.1 Å². The molecule has 1 aliphatic rings. The van der Waals surface area contributed by atoms with E-state index in [9.17, 15) is 9.18 Å². The van der Waals surface area contributed by atoms with E-state index < -0.39 is 5.97 Å². The number of carbonyl (C=O) groups excluding carboxylic acids is 1. The van der Waals surface area contributed by atoms with Crippen LogP contribution in [0.1, 0.15) is 29.7 Å². The smallest absolute Gasteiger partial charge is 0.359 e. The highest BCUT2D eigenvalue weighted by Crippen LogP contribution is 2.30. The Morgan fingerprint density at radius 3 is 3.00 bits per heavy atom. The van der Waals surface area contributed by atoms with Gasteiger partial charge in [-0.05, 0) is 31.6 Å². The minimum Gasteiger partial charge on any atom is -0.461 e. The van der Waals surface area contributed by atoms with Crippen molar-refractivity contribution >= 4 is 12.0 Å². The normalized spacial score (nSPS) is 13.0. The second-order valence-electron chi connectivity index (χ2n) is 4.71. The van der Waals surface area contributed by atoms with Crippen LogP contribution in [0, 0.1) is 5.82 Å². The number of allylic oxidation sites excluding steroid dienone is 1. The number of hydrogen-bond acceptors (Lipinski definition) is 3. The first-order valence-electron chi connectivity index (χ1n) is 6.91. The molecule has 0 amide bonds. The van der Waals surface area contributed by atoms with Crippen molar-refractivity contribution in [2.45, 2.75) is 19.9 Å². The molecule has 0 spiro atoms. The van der Waals surface area contributed by atoms with Gasteiger partial charge < -0.3 is 9.30 Å². The highest BCUT2D eigenvalue weighted by molar-refractivity contribution is 5.95. The van der Waals surface area contributed by atoms with Gasteiger partial charge >= 0.3 is 5.97 Å². The van der Waals surface area contributed by atoms with E-state index in [0.29, 0.717) is 23.6 Å². The number of aromatic nitrogens is 2. The van der Waals surface area contributed by atoms with E-state index in [0.717, 1.165) is 6.42 Å². The molecule has 1 aromatic heterocycles. The summed E-state index contributed by atoms with van der Waals surface area (Å²) in [5.41, 5.74) is 1.03. The Kier molecular flexibility index (Phi) is 3.56. The molecule has 0 saturated carbocycles. The highest BCUT2D eigenvalue weighted by Gasteiger charge is 2.26. The van der Waals surface area contributed by atoms with Gasteiger partial charge in [0.05, 0.1) is 12.3 Å². The number of nitrogens with zero attached hydrogens (tertiary/aromatic N) is 2. The average molecular weight is 286 g/mol. The van der Waals surface area contributed by atoms with Gasteiger partial charge in [0.15, 0.2) is 5.69 Å². The molecule has 1 aliphatic heterocycles. The minimum atomic E-state index is -0.522. The molecule has 0 N–H and O–H groups in total. The SMILES string of the molecule is CCOC(=O)c1nc2n(c1-c1ccccc1F)CCC=C2. The Balaban J connectivity index is 2.22. The van der Waals surface area contributed by atoms with Crippen molar-refractivity contribution in [3.8, 4) is 11.3 Å². The first-order valence-corrected chi connectivity index (χ1v) is 6.91. The Hall–Kier alpha value is -2.43. The monoisotopic (exact) mass is 286 g/mol. The first-order chi connectivity index (χ1) is 10.2. The van der Waals surface area contributed by atoms with Crippen LogP contribution in [0.15, 0.2) is 30.3 Å². The zero-order chi connectivity index (χ0) is 14.8. The molecule has 0 radical (unpaired) electrons. The number of rotatable bonds is 3. The summed E-state index contributed by atoms with van der Waals surface area (Å²) < 4.78 is 21.1. The van der Waals surface area contributed by atoms with Gasteiger partial charge in [-0.1, -0.05) is 18.2 Å². The fourth-order valence-electron chi connectivity index (χ4n) is 2.48. The van der Waals surface area contributed by atoms with E-state index in [1.165, 1.54) is 6.07 Å². The molecule has 21 heavy (non-hydrogen) atoms. The van der Waals surface area contributed by atoms with Crippen molar-refractivity contribution in [1.82, 2.24) is 9.55 Å². The number of fused-ring (bicyclic) bond motifs is 1. The van der Waals surface area contributed by atoms with Gasteiger partial charge in [-0.2, -0.15) is 0 Å². The third-order valence-electron chi connectivity index (χ3n) is 3.38. The van der Waals surface area contributed by atoms with Crippen LogP contribution in [0.2, 0.25) is 0 Å². The molecule has 0 atom stereocenters. The summed E-state index contributed by atoms with van der Waals surface area (Å²) in [4.78, 5) is 16.4. The van der Waals surface area contributed by atoms with Gasteiger partial charge in [-0.25, -0.2) is 14.2 Å². The molecule has 0 aliphatic carbocycles. The topological polar surface area (TPSA) is 44.1 Å². The summed E-state index contributed by atoms with van der Waals surface area (Å²) in [5.74, 6) is -0.242. The maximum Gasteiger partial charge on any atom is 0.359 e. The maximum absolute atomic E-state index is 14.1. The Morgan fingerprint density at radius 2 is 2.24 bits per heavy atom. The highest BCUT2D eigenvalue weighted by atomic mass is 19.1. The van der Waals surface area contributed by atoms with Crippen LogP contribution in [-0.2, 0) is 11.3 Å². The molecule has 2 aromatic rings. The van der Waals surface area contributed by atoms with Crippen molar-refractivity contribution < 1.29 is 13.9 Å². The third-order valence-corrected chi connectivity index (χ3v) is 3.38. The van der Waals surface area contributed by atoms with E-state index in [-0.39, 0.29) is 18.1 Å². The molecular formula is C16H15FN2O2. The number of imidazole rings is 1. The fourth-order valence-corrected chi connectivity index (χ4v) is 2.48. The molecular weight excluding hydrogens is 271 g/mol. The first kappa shape index (κ1) is 13.5. The van der Waals surface area contributed by atoms with E-state index >= 15 is 0 Å². The molecule has 2 heterocycles. The maximum atomic E-state index is 14.1. The second kappa shape index (κ2) is 5.52. The zero-order valence-electron chi connectivity index (χ0n) is 11.7. The van der Waals surface area contributed by atoms with Crippen molar-refractivity contribution in [3.05, 3.63) is 47.7 Å². The zero-order valence-corrected chi connectivity index (χ0v) is 11.7. The molecule has 0 unspecified atom stereocenters. The summed E-state index contributed by atoms with van der Waals surface area (Å²) in [5, 5.41) is 0. The third kappa shape index (κ3) is 2.35. The Morgan fingerprint density at radius 1 is 1.43 bits per heavy atom. The lowest BCUT2D eigenvalue weighted by Gasteiger charge is -2.13. The number of ether oxygens (including phenoxy) is 1. The standard InChI is InChI=1S/C16H15FN2O2/c1-2-21-16(20)14-15(11-7-3-4-8-12(11)17)19-10-6-5-9-13(19)18-14/h3-5,7-9H,2,6,10H2,1H3. The molecule has 0 bridgehead atoms. The summed E-state index contributed by atoms with van der Waals surface area (Å²) in [6.07, 6.45) is 4.66. The molecule has 5 heteroatoms. The van der Waals surface area contributed by atoms with Crippen LogP contribution in [0.4, 0.5) is 4.39 Å².